The molecule has 0 amide bonds. The van der Waals surface area contributed by atoms with Gasteiger partial charge in [0, 0.05) is 18.3 Å². The van der Waals surface area contributed by atoms with Gasteiger partial charge in [0.2, 0.25) is 0 Å². The zero-order valence-corrected chi connectivity index (χ0v) is 10.3. The van der Waals surface area contributed by atoms with Crippen LogP contribution in [-0.2, 0) is 13.0 Å². The first kappa shape index (κ1) is 14.0. The van der Waals surface area contributed by atoms with Gasteiger partial charge in [-0.25, -0.2) is 0 Å². The number of halogens is 3. The average Bonchev–Trinajstić information content (AvgIpc) is 2.41. The van der Waals surface area contributed by atoms with Crippen LogP contribution in [0.1, 0.15) is 30.3 Å². The molecule has 2 N–H and O–H groups in total. The second kappa shape index (κ2) is 5.08. The molecular formula is C11H18F3N3. The third-order valence-electron chi connectivity index (χ3n) is 2.66. The topological polar surface area (TPSA) is 43.8 Å². The maximum atomic E-state index is 12.1. The summed E-state index contributed by atoms with van der Waals surface area (Å²) in [7, 11) is 0. The molecule has 1 unspecified atom stereocenters. The molecule has 1 atom stereocenters. The number of aromatic nitrogens is 2. The van der Waals surface area contributed by atoms with E-state index in [4.69, 9.17) is 5.73 Å². The monoisotopic (exact) mass is 249 g/mol. The third kappa shape index (κ3) is 4.03. The Labute approximate surface area is 98.8 Å². The molecule has 1 heterocycles. The number of rotatable bonds is 4. The molecule has 0 aromatic carbocycles. The lowest BCUT2D eigenvalue weighted by Crippen LogP contribution is -2.19. The highest BCUT2D eigenvalue weighted by Crippen LogP contribution is 2.22. The van der Waals surface area contributed by atoms with Crippen LogP contribution >= 0.6 is 0 Å². The molecule has 0 aliphatic heterocycles. The van der Waals surface area contributed by atoms with E-state index in [2.05, 4.69) is 5.10 Å². The van der Waals surface area contributed by atoms with Crippen LogP contribution in [-0.4, -0.2) is 22.0 Å². The number of hydrogen-bond donors (Lipinski definition) is 1. The maximum Gasteiger partial charge on any atom is 0.390 e. The molecule has 3 nitrogen and oxygen atoms in total. The van der Waals surface area contributed by atoms with Crippen molar-refractivity contribution in [2.24, 2.45) is 5.73 Å². The molecule has 0 fully saturated rings. The fourth-order valence-electron chi connectivity index (χ4n) is 1.80. The van der Waals surface area contributed by atoms with Crippen LogP contribution in [0.4, 0.5) is 13.2 Å². The highest BCUT2D eigenvalue weighted by Gasteiger charge is 2.27. The second-order valence-corrected chi connectivity index (χ2v) is 4.42. The van der Waals surface area contributed by atoms with Crippen LogP contribution in [0.25, 0.3) is 0 Å². The smallest absolute Gasteiger partial charge is 0.328 e. The molecule has 0 saturated heterocycles. The Balaban J connectivity index is 2.81. The van der Waals surface area contributed by atoms with E-state index in [-0.39, 0.29) is 12.6 Å². The average molecular weight is 249 g/mol. The summed E-state index contributed by atoms with van der Waals surface area (Å²) in [6, 6.07) is -0.0207. The van der Waals surface area contributed by atoms with E-state index in [1.54, 1.807) is 13.8 Å². The molecule has 6 heteroatoms. The Morgan fingerprint density at radius 3 is 2.41 bits per heavy atom. The van der Waals surface area contributed by atoms with Gasteiger partial charge in [0.25, 0.3) is 0 Å². The summed E-state index contributed by atoms with van der Waals surface area (Å²) < 4.78 is 37.8. The van der Waals surface area contributed by atoms with Gasteiger partial charge in [-0.05, 0) is 32.8 Å². The van der Waals surface area contributed by atoms with Crippen molar-refractivity contribution in [3.8, 4) is 0 Å². The minimum absolute atomic E-state index is 0.0207. The van der Waals surface area contributed by atoms with Crippen molar-refractivity contribution in [1.82, 2.24) is 9.78 Å². The maximum absolute atomic E-state index is 12.1. The van der Waals surface area contributed by atoms with Crippen molar-refractivity contribution in [3.05, 3.63) is 17.0 Å². The number of aryl methyl sites for hydroxylation is 2. The molecule has 0 aliphatic carbocycles. The Kier molecular flexibility index (Phi) is 4.19. The fraction of sp³-hybridized carbons (Fsp3) is 0.727. The SMILES string of the molecule is Cc1nn(CCC(F)(F)F)c(C)c1CC(C)N. The van der Waals surface area contributed by atoms with Gasteiger partial charge in [-0.3, -0.25) is 4.68 Å². The molecule has 0 radical (unpaired) electrons. The lowest BCUT2D eigenvalue weighted by atomic mass is 10.1. The first-order valence-corrected chi connectivity index (χ1v) is 5.56. The van der Waals surface area contributed by atoms with Crippen molar-refractivity contribution in [2.75, 3.05) is 0 Å². The van der Waals surface area contributed by atoms with Gasteiger partial charge < -0.3 is 5.73 Å². The summed E-state index contributed by atoms with van der Waals surface area (Å²) in [4.78, 5) is 0. The van der Waals surface area contributed by atoms with E-state index >= 15 is 0 Å². The van der Waals surface area contributed by atoms with Gasteiger partial charge in [-0.1, -0.05) is 0 Å². The van der Waals surface area contributed by atoms with Crippen LogP contribution in [0.15, 0.2) is 0 Å². The van der Waals surface area contributed by atoms with Gasteiger partial charge in [0.15, 0.2) is 0 Å². The Morgan fingerprint density at radius 1 is 1.35 bits per heavy atom. The van der Waals surface area contributed by atoms with Gasteiger partial charge in [-0.2, -0.15) is 18.3 Å². The minimum atomic E-state index is -4.15. The first-order valence-electron chi connectivity index (χ1n) is 5.56. The highest BCUT2D eigenvalue weighted by molar-refractivity contribution is 5.25. The van der Waals surface area contributed by atoms with Crippen molar-refractivity contribution in [3.63, 3.8) is 0 Å². The van der Waals surface area contributed by atoms with Crippen LogP contribution in [0.2, 0.25) is 0 Å². The standard InChI is InChI=1S/C11H18F3N3/c1-7(15)6-10-8(2)16-17(9(10)3)5-4-11(12,13)14/h7H,4-6,15H2,1-3H3. The second-order valence-electron chi connectivity index (χ2n) is 4.42. The van der Waals surface area contributed by atoms with Crippen molar-refractivity contribution in [2.45, 2.75) is 52.4 Å². The van der Waals surface area contributed by atoms with E-state index in [0.29, 0.717) is 6.42 Å². The van der Waals surface area contributed by atoms with E-state index in [0.717, 1.165) is 17.0 Å². The van der Waals surface area contributed by atoms with E-state index in [1.807, 2.05) is 6.92 Å². The van der Waals surface area contributed by atoms with Crippen LogP contribution < -0.4 is 5.73 Å². The summed E-state index contributed by atoms with van der Waals surface area (Å²) in [5.74, 6) is 0. The van der Waals surface area contributed by atoms with Gasteiger partial charge in [-0.15, -0.1) is 0 Å². The molecule has 0 aliphatic rings. The van der Waals surface area contributed by atoms with Crippen molar-refractivity contribution >= 4 is 0 Å². The predicted molar refractivity (Wildman–Crippen MR) is 59.7 cm³/mol. The largest absolute Gasteiger partial charge is 0.390 e. The first-order chi connectivity index (χ1) is 7.70. The molecular weight excluding hydrogens is 231 g/mol. The molecule has 98 valence electrons. The molecule has 1 rings (SSSR count). The summed E-state index contributed by atoms with van der Waals surface area (Å²) in [5, 5.41) is 4.13. The van der Waals surface area contributed by atoms with Gasteiger partial charge >= 0.3 is 6.18 Å². The minimum Gasteiger partial charge on any atom is -0.328 e. The summed E-state index contributed by atoms with van der Waals surface area (Å²) >= 11 is 0. The summed E-state index contributed by atoms with van der Waals surface area (Å²) in [5.41, 5.74) is 8.21. The normalized spacial score (nSPS) is 14.1. The third-order valence-corrected chi connectivity index (χ3v) is 2.66. The van der Waals surface area contributed by atoms with E-state index in [9.17, 15) is 13.2 Å². The number of alkyl halides is 3. The highest BCUT2D eigenvalue weighted by atomic mass is 19.4. The number of hydrogen-bond acceptors (Lipinski definition) is 2. The van der Waals surface area contributed by atoms with Crippen LogP contribution in [0.3, 0.4) is 0 Å². The Morgan fingerprint density at radius 2 is 1.94 bits per heavy atom. The molecule has 0 saturated carbocycles. The summed E-state index contributed by atoms with van der Waals surface area (Å²) in [6.45, 7) is 5.32. The number of nitrogens with two attached hydrogens (primary N) is 1. The Bertz CT molecular complexity index is 380. The van der Waals surface area contributed by atoms with Crippen molar-refractivity contribution < 1.29 is 13.2 Å². The van der Waals surface area contributed by atoms with E-state index < -0.39 is 12.6 Å². The summed E-state index contributed by atoms with van der Waals surface area (Å²) in [6.07, 6.45) is -4.36. The molecule has 1 aromatic rings. The molecule has 0 spiro atoms. The quantitative estimate of drug-likeness (QED) is 0.890. The zero-order valence-electron chi connectivity index (χ0n) is 10.3. The molecule has 17 heavy (non-hydrogen) atoms. The lowest BCUT2D eigenvalue weighted by molar-refractivity contribution is -0.137. The lowest BCUT2D eigenvalue weighted by Gasteiger charge is -2.09. The molecule has 1 aromatic heterocycles. The fourth-order valence-corrected chi connectivity index (χ4v) is 1.80. The van der Waals surface area contributed by atoms with Crippen LogP contribution in [0, 0.1) is 13.8 Å². The zero-order chi connectivity index (χ0) is 13.2. The molecule has 0 bridgehead atoms. The Hall–Kier alpha value is -1.04. The number of nitrogens with zero attached hydrogens (tertiary/aromatic N) is 2. The van der Waals surface area contributed by atoms with Crippen molar-refractivity contribution in [1.29, 1.82) is 0 Å². The van der Waals surface area contributed by atoms with Gasteiger partial charge in [0.05, 0.1) is 12.1 Å². The van der Waals surface area contributed by atoms with Gasteiger partial charge in [0.1, 0.15) is 0 Å². The predicted octanol–water partition coefficient (Wildman–Crippen LogP) is 2.34. The van der Waals surface area contributed by atoms with E-state index in [1.165, 1.54) is 4.68 Å². The van der Waals surface area contributed by atoms with Crippen LogP contribution in [0.5, 0.6) is 0 Å².